The second-order valence-electron chi connectivity index (χ2n) is 8.62. The third kappa shape index (κ3) is 2.13. The Bertz CT molecular complexity index is 770. The predicted octanol–water partition coefficient (Wildman–Crippen LogP) is 4.70. The molecule has 5 heteroatoms. The topological polar surface area (TPSA) is 46.0 Å². The van der Waals surface area contributed by atoms with E-state index in [2.05, 4.69) is 41.7 Å². The van der Waals surface area contributed by atoms with Crippen molar-refractivity contribution >= 4 is 23.0 Å². The molecule has 2 heterocycles. The molecule has 1 spiro atoms. The minimum absolute atomic E-state index is 0.105. The number of hydrogen-bond donors (Lipinski definition) is 1. The Morgan fingerprint density at radius 1 is 1.12 bits per heavy atom. The Morgan fingerprint density at radius 3 is 2.60 bits per heavy atom. The summed E-state index contributed by atoms with van der Waals surface area (Å²) in [7, 11) is 0. The summed E-state index contributed by atoms with van der Waals surface area (Å²) in [6.07, 6.45) is 5.70. The van der Waals surface area contributed by atoms with Gasteiger partial charge in [-0.1, -0.05) is 42.7 Å². The number of hydrazone groups is 1. The zero-order valence-electron chi connectivity index (χ0n) is 14.8. The zero-order valence-corrected chi connectivity index (χ0v) is 15.5. The molecule has 2 aliphatic carbocycles. The van der Waals surface area contributed by atoms with Gasteiger partial charge in [-0.3, -0.25) is 0 Å². The molecule has 2 bridgehead atoms. The van der Waals surface area contributed by atoms with Crippen LogP contribution >= 0.6 is 11.6 Å². The molecular weight excluding hydrogens is 334 g/mol. The average Bonchev–Trinajstić information content (AvgIpc) is 3.35. The summed E-state index contributed by atoms with van der Waals surface area (Å²) < 4.78 is 0. The van der Waals surface area contributed by atoms with Gasteiger partial charge < -0.3 is 10.3 Å². The predicted molar refractivity (Wildman–Crippen MR) is 99.9 cm³/mol. The fourth-order valence-electron chi connectivity index (χ4n) is 5.61. The quantitative estimate of drug-likeness (QED) is 0.833. The van der Waals surface area contributed by atoms with Gasteiger partial charge in [0.2, 0.25) is 0 Å². The van der Waals surface area contributed by atoms with Crippen LogP contribution in [-0.4, -0.2) is 17.0 Å². The average molecular weight is 358 g/mol. The van der Waals surface area contributed by atoms with Gasteiger partial charge >= 0.3 is 0 Å². The number of halogens is 1. The highest BCUT2D eigenvalue weighted by Gasteiger charge is 2.67. The lowest BCUT2D eigenvalue weighted by Gasteiger charge is -2.44. The highest BCUT2D eigenvalue weighted by atomic mass is 35.5. The second-order valence-corrected chi connectivity index (χ2v) is 9.06. The molecule has 0 aromatic heterocycles. The van der Waals surface area contributed by atoms with Gasteiger partial charge in [0, 0.05) is 29.2 Å². The molecule has 2 saturated carbocycles. The SMILES string of the molecule is CC1(C)[C@@H]2CC[C@@H](C2)C12CC(C1=NNC(c3ccc(Cl)cc3)C1)=NO2. The summed E-state index contributed by atoms with van der Waals surface area (Å²) in [5.74, 6) is 1.42. The van der Waals surface area contributed by atoms with Crippen molar-refractivity contribution in [2.24, 2.45) is 27.5 Å². The van der Waals surface area contributed by atoms with Crippen LogP contribution in [-0.2, 0) is 4.84 Å². The van der Waals surface area contributed by atoms with E-state index in [9.17, 15) is 0 Å². The van der Waals surface area contributed by atoms with E-state index in [4.69, 9.17) is 16.4 Å². The van der Waals surface area contributed by atoms with Crippen LogP contribution in [0.15, 0.2) is 34.5 Å². The van der Waals surface area contributed by atoms with E-state index >= 15 is 0 Å². The van der Waals surface area contributed by atoms with Gasteiger partial charge in [-0.25, -0.2) is 0 Å². The highest BCUT2D eigenvalue weighted by Crippen LogP contribution is 2.65. The fraction of sp³-hybridized carbons (Fsp3) is 0.600. The minimum atomic E-state index is -0.105. The summed E-state index contributed by atoms with van der Waals surface area (Å²) in [5.41, 5.74) is 6.66. The highest BCUT2D eigenvalue weighted by molar-refractivity contribution is 6.43. The van der Waals surface area contributed by atoms with E-state index in [1.54, 1.807) is 0 Å². The van der Waals surface area contributed by atoms with E-state index in [0.29, 0.717) is 5.92 Å². The Balaban J connectivity index is 1.32. The number of oxime groups is 1. The van der Waals surface area contributed by atoms with Crippen LogP contribution in [0.3, 0.4) is 0 Å². The molecule has 1 N–H and O–H groups in total. The van der Waals surface area contributed by atoms with Crippen LogP contribution in [0.1, 0.15) is 57.6 Å². The molecule has 1 aromatic rings. The van der Waals surface area contributed by atoms with E-state index < -0.39 is 0 Å². The van der Waals surface area contributed by atoms with Crippen LogP contribution < -0.4 is 5.43 Å². The fourth-order valence-corrected chi connectivity index (χ4v) is 5.74. The van der Waals surface area contributed by atoms with Crippen molar-refractivity contribution in [3.05, 3.63) is 34.9 Å². The molecule has 2 aliphatic heterocycles. The van der Waals surface area contributed by atoms with E-state index in [0.717, 1.165) is 35.2 Å². The Hall–Kier alpha value is -1.55. The summed E-state index contributed by atoms with van der Waals surface area (Å²) >= 11 is 5.99. The van der Waals surface area contributed by atoms with E-state index in [1.807, 2.05) is 12.1 Å². The van der Waals surface area contributed by atoms with Crippen molar-refractivity contribution < 1.29 is 4.84 Å². The first-order valence-electron chi connectivity index (χ1n) is 9.32. The maximum Gasteiger partial charge on any atom is 0.151 e. The standard InChI is InChI=1S/C20H24ClN3O/c1-19(2)13-5-6-14(9-13)20(19)11-18(24-25-20)17-10-16(22-23-17)12-3-7-15(21)8-4-12/h3-4,7-8,13-14,16,22H,5-6,9-11H2,1-2H3/t13-,14+,16?,20?/m1/s1. The maximum atomic E-state index is 6.19. The number of fused-ring (bicyclic) bond motifs is 3. The number of hydrogen-bond acceptors (Lipinski definition) is 4. The molecule has 4 atom stereocenters. The van der Waals surface area contributed by atoms with Crippen molar-refractivity contribution in [1.29, 1.82) is 0 Å². The van der Waals surface area contributed by atoms with Crippen LogP contribution in [0.4, 0.5) is 0 Å². The molecule has 0 amide bonds. The first-order valence-corrected chi connectivity index (χ1v) is 9.70. The van der Waals surface area contributed by atoms with Crippen LogP contribution in [0, 0.1) is 17.3 Å². The first-order chi connectivity index (χ1) is 12.0. The molecule has 0 saturated heterocycles. The van der Waals surface area contributed by atoms with Crippen molar-refractivity contribution in [3.63, 3.8) is 0 Å². The molecule has 2 fully saturated rings. The molecule has 0 radical (unpaired) electrons. The molecule has 5 rings (SSSR count). The van der Waals surface area contributed by atoms with Crippen LogP contribution in [0.2, 0.25) is 5.02 Å². The van der Waals surface area contributed by atoms with Gasteiger partial charge in [0.25, 0.3) is 0 Å². The monoisotopic (exact) mass is 357 g/mol. The molecule has 132 valence electrons. The van der Waals surface area contributed by atoms with Gasteiger partial charge in [-0.15, -0.1) is 0 Å². The van der Waals surface area contributed by atoms with E-state index in [-0.39, 0.29) is 17.1 Å². The van der Waals surface area contributed by atoms with Gasteiger partial charge in [0.05, 0.1) is 11.8 Å². The number of nitrogens with one attached hydrogen (secondary N) is 1. The van der Waals surface area contributed by atoms with Gasteiger partial charge in [-0.2, -0.15) is 5.10 Å². The van der Waals surface area contributed by atoms with Crippen molar-refractivity contribution in [3.8, 4) is 0 Å². The molecule has 2 unspecified atom stereocenters. The zero-order chi connectivity index (χ0) is 17.2. The Labute approximate surface area is 153 Å². The first kappa shape index (κ1) is 15.7. The lowest BCUT2D eigenvalue weighted by Crippen LogP contribution is -2.49. The molecule has 4 nitrogen and oxygen atoms in total. The third-order valence-electron chi connectivity index (χ3n) is 7.31. The minimum Gasteiger partial charge on any atom is -0.388 e. The summed E-state index contributed by atoms with van der Waals surface area (Å²) in [4.78, 5) is 6.19. The Morgan fingerprint density at radius 2 is 1.88 bits per heavy atom. The van der Waals surface area contributed by atoms with E-state index in [1.165, 1.54) is 24.8 Å². The third-order valence-corrected chi connectivity index (χ3v) is 7.56. The van der Waals surface area contributed by atoms with Crippen LogP contribution in [0.25, 0.3) is 0 Å². The van der Waals surface area contributed by atoms with Crippen molar-refractivity contribution in [2.45, 2.75) is 57.6 Å². The maximum absolute atomic E-state index is 6.19. The number of benzene rings is 1. The van der Waals surface area contributed by atoms with Gasteiger partial charge in [0.1, 0.15) is 5.71 Å². The molecular formula is C20H24ClN3O. The molecule has 1 aromatic carbocycles. The largest absolute Gasteiger partial charge is 0.388 e. The smallest absolute Gasteiger partial charge is 0.151 e. The second kappa shape index (κ2) is 5.23. The lowest BCUT2D eigenvalue weighted by atomic mass is 9.63. The van der Waals surface area contributed by atoms with Gasteiger partial charge in [0.15, 0.2) is 5.60 Å². The molecule has 25 heavy (non-hydrogen) atoms. The lowest BCUT2D eigenvalue weighted by molar-refractivity contribution is -0.135. The van der Waals surface area contributed by atoms with Crippen molar-refractivity contribution in [2.75, 3.05) is 0 Å². The summed E-state index contributed by atoms with van der Waals surface area (Å²) in [6, 6.07) is 8.18. The Kier molecular flexibility index (Phi) is 3.28. The number of rotatable bonds is 2. The van der Waals surface area contributed by atoms with Crippen molar-refractivity contribution in [1.82, 2.24) is 5.43 Å². The summed E-state index contributed by atoms with van der Waals surface area (Å²) in [5, 5.41) is 9.88. The number of nitrogens with zero attached hydrogens (tertiary/aromatic N) is 2. The molecule has 4 aliphatic rings. The summed E-state index contributed by atoms with van der Waals surface area (Å²) in [6.45, 7) is 4.75. The van der Waals surface area contributed by atoms with Gasteiger partial charge in [-0.05, 0) is 42.9 Å². The van der Waals surface area contributed by atoms with Crippen LogP contribution in [0.5, 0.6) is 0 Å². The normalized spacial score (nSPS) is 37.8.